The minimum atomic E-state index is -0.0105. The number of hydrogen-bond donors (Lipinski definition) is 1. The first-order valence-corrected chi connectivity index (χ1v) is 8.51. The molecule has 0 unspecified atom stereocenters. The largest absolute Gasteiger partial charge is 0.372 e. The van der Waals surface area contributed by atoms with E-state index in [1.165, 1.54) is 18.5 Å². The molecule has 1 aromatic rings. The highest BCUT2D eigenvalue weighted by Gasteiger charge is 2.15. The van der Waals surface area contributed by atoms with Crippen molar-refractivity contribution in [1.29, 1.82) is 0 Å². The summed E-state index contributed by atoms with van der Waals surface area (Å²) in [6, 6.07) is 8.13. The average Bonchev–Trinajstić information content (AvgIpc) is 3.06. The van der Waals surface area contributed by atoms with Crippen LogP contribution in [0.15, 0.2) is 24.3 Å². The van der Waals surface area contributed by atoms with Gasteiger partial charge >= 0.3 is 0 Å². The summed E-state index contributed by atoms with van der Waals surface area (Å²) in [5.41, 5.74) is 2.09. The van der Waals surface area contributed by atoms with Crippen LogP contribution in [0.4, 0.5) is 11.4 Å². The number of carbonyl (C=O) groups is 2. The van der Waals surface area contributed by atoms with Gasteiger partial charge in [-0.1, -0.05) is 6.92 Å². The van der Waals surface area contributed by atoms with Gasteiger partial charge in [0.1, 0.15) is 0 Å². The summed E-state index contributed by atoms with van der Waals surface area (Å²) in [5.74, 6) is 0.0315. The molecule has 2 rings (SSSR count). The second kappa shape index (κ2) is 8.56. The summed E-state index contributed by atoms with van der Waals surface area (Å²) in [5, 5.41) is 2.85. The summed E-state index contributed by atoms with van der Waals surface area (Å²) in [4.78, 5) is 27.5. The topological polar surface area (TPSA) is 52.7 Å². The molecule has 0 aliphatic carbocycles. The van der Waals surface area contributed by atoms with E-state index in [-0.39, 0.29) is 11.8 Å². The van der Waals surface area contributed by atoms with E-state index in [0.717, 1.165) is 25.2 Å². The van der Waals surface area contributed by atoms with Gasteiger partial charge in [-0.05, 0) is 43.5 Å². The molecule has 0 radical (unpaired) electrons. The van der Waals surface area contributed by atoms with Crippen molar-refractivity contribution in [3.8, 4) is 0 Å². The van der Waals surface area contributed by atoms with Crippen molar-refractivity contribution >= 4 is 23.2 Å². The molecule has 0 aromatic heterocycles. The van der Waals surface area contributed by atoms with Gasteiger partial charge in [0.2, 0.25) is 11.8 Å². The first-order chi connectivity index (χ1) is 11.1. The molecule has 1 aliphatic heterocycles. The standard InChI is InChI=1S/C18H27N3O2/c1-3-6-18(23)19-11-14-21(15(2)22)17-9-7-16(8-10-17)20-12-4-5-13-20/h7-10H,3-6,11-14H2,1-2H3,(H,19,23). The summed E-state index contributed by atoms with van der Waals surface area (Å²) >= 11 is 0. The number of benzene rings is 1. The van der Waals surface area contributed by atoms with Crippen molar-refractivity contribution in [2.24, 2.45) is 0 Å². The molecule has 0 saturated carbocycles. The third kappa shape index (κ3) is 4.98. The maximum atomic E-state index is 11.9. The van der Waals surface area contributed by atoms with Crippen molar-refractivity contribution in [3.05, 3.63) is 24.3 Å². The second-order valence-electron chi connectivity index (χ2n) is 5.98. The van der Waals surface area contributed by atoms with Crippen molar-refractivity contribution < 1.29 is 9.59 Å². The van der Waals surface area contributed by atoms with Crippen LogP contribution in [0.3, 0.4) is 0 Å². The summed E-state index contributed by atoms with van der Waals surface area (Å²) in [7, 11) is 0. The molecular formula is C18H27N3O2. The Morgan fingerprint density at radius 3 is 2.39 bits per heavy atom. The summed E-state index contributed by atoms with van der Waals surface area (Å²) in [6.45, 7) is 6.73. The van der Waals surface area contributed by atoms with Crippen LogP contribution in [0.2, 0.25) is 0 Å². The number of amides is 2. The van der Waals surface area contributed by atoms with Gasteiger partial charge in [0.25, 0.3) is 0 Å². The summed E-state index contributed by atoms with van der Waals surface area (Å²) in [6.07, 6.45) is 3.86. The molecule has 0 atom stereocenters. The lowest BCUT2D eigenvalue weighted by molar-refractivity contribution is -0.121. The van der Waals surface area contributed by atoms with E-state index in [1.54, 1.807) is 11.8 Å². The van der Waals surface area contributed by atoms with E-state index in [9.17, 15) is 9.59 Å². The second-order valence-corrected chi connectivity index (χ2v) is 5.98. The molecule has 1 heterocycles. The lowest BCUT2D eigenvalue weighted by Gasteiger charge is -2.23. The van der Waals surface area contributed by atoms with Crippen LogP contribution in [-0.4, -0.2) is 38.0 Å². The molecule has 0 spiro atoms. The lowest BCUT2D eigenvalue weighted by Crippen LogP contribution is -2.37. The maximum Gasteiger partial charge on any atom is 0.223 e. The Balaban J connectivity index is 1.94. The Labute approximate surface area is 138 Å². The van der Waals surface area contributed by atoms with Crippen LogP contribution in [0.5, 0.6) is 0 Å². The van der Waals surface area contributed by atoms with Crippen molar-refractivity contribution in [2.75, 3.05) is 36.0 Å². The van der Waals surface area contributed by atoms with E-state index in [0.29, 0.717) is 19.5 Å². The predicted octanol–water partition coefficient (Wildman–Crippen LogP) is 2.56. The van der Waals surface area contributed by atoms with Gasteiger partial charge in [-0.2, -0.15) is 0 Å². The van der Waals surface area contributed by atoms with Crippen LogP contribution in [0.1, 0.15) is 39.5 Å². The predicted molar refractivity (Wildman–Crippen MR) is 93.8 cm³/mol. The average molecular weight is 317 g/mol. The fraction of sp³-hybridized carbons (Fsp3) is 0.556. The Morgan fingerprint density at radius 2 is 1.83 bits per heavy atom. The van der Waals surface area contributed by atoms with Crippen molar-refractivity contribution in [2.45, 2.75) is 39.5 Å². The molecule has 23 heavy (non-hydrogen) atoms. The lowest BCUT2D eigenvalue weighted by atomic mass is 10.2. The zero-order chi connectivity index (χ0) is 16.7. The van der Waals surface area contributed by atoms with Gasteiger partial charge in [-0.25, -0.2) is 0 Å². The molecular weight excluding hydrogens is 290 g/mol. The Bertz CT molecular complexity index is 522. The number of nitrogens with zero attached hydrogens (tertiary/aromatic N) is 2. The normalized spacial score (nSPS) is 13.9. The zero-order valence-corrected chi connectivity index (χ0v) is 14.2. The van der Waals surface area contributed by atoms with E-state index in [2.05, 4.69) is 22.3 Å². The van der Waals surface area contributed by atoms with Crippen LogP contribution < -0.4 is 15.1 Å². The Hall–Kier alpha value is -2.04. The first kappa shape index (κ1) is 17.3. The molecule has 5 nitrogen and oxygen atoms in total. The monoisotopic (exact) mass is 317 g/mol. The maximum absolute atomic E-state index is 11.9. The minimum Gasteiger partial charge on any atom is -0.372 e. The number of carbonyl (C=O) groups excluding carboxylic acids is 2. The number of rotatable bonds is 7. The molecule has 1 aromatic carbocycles. The molecule has 1 N–H and O–H groups in total. The SMILES string of the molecule is CCCC(=O)NCCN(C(C)=O)c1ccc(N2CCCC2)cc1. The quantitative estimate of drug-likeness (QED) is 0.841. The smallest absolute Gasteiger partial charge is 0.223 e. The minimum absolute atomic E-state index is 0.0105. The van der Waals surface area contributed by atoms with E-state index in [4.69, 9.17) is 0 Å². The third-order valence-electron chi connectivity index (χ3n) is 4.15. The van der Waals surface area contributed by atoms with E-state index >= 15 is 0 Å². The van der Waals surface area contributed by atoms with Crippen molar-refractivity contribution in [1.82, 2.24) is 5.32 Å². The van der Waals surface area contributed by atoms with Crippen LogP contribution in [0, 0.1) is 0 Å². The highest BCUT2D eigenvalue weighted by molar-refractivity contribution is 5.91. The highest BCUT2D eigenvalue weighted by Crippen LogP contribution is 2.23. The molecule has 1 aliphatic rings. The van der Waals surface area contributed by atoms with Gasteiger partial charge in [0.05, 0.1) is 0 Å². The highest BCUT2D eigenvalue weighted by atomic mass is 16.2. The van der Waals surface area contributed by atoms with E-state index in [1.807, 2.05) is 19.1 Å². The zero-order valence-electron chi connectivity index (χ0n) is 14.2. The van der Waals surface area contributed by atoms with E-state index < -0.39 is 0 Å². The first-order valence-electron chi connectivity index (χ1n) is 8.51. The van der Waals surface area contributed by atoms with Crippen molar-refractivity contribution in [3.63, 3.8) is 0 Å². The van der Waals surface area contributed by atoms with Gasteiger partial charge in [0.15, 0.2) is 0 Å². The molecule has 2 amide bonds. The van der Waals surface area contributed by atoms with Gasteiger partial charge in [0, 0.05) is 50.9 Å². The summed E-state index contributed by atoms with van der Waals surface area (Å²) < 4.78 is 0. The number of nitrogens with one attached hydrogen (secondary N) is 1. The third-order valence-corrected chi connectivity index (χ3v) is 4.15. The fourth-order valence-electron chi connectivity index (χ4n) is 2.91. The molecule has 1 fully saturated rings. The van der Waals surface area contributed by atoms with Gasteiger partial charge in [-0.3, -0.25) is 9.59 Å². The molecule has 5 heteroatoms. The Morgan fingerprint density at radius 1 is 1.17 bits per heavy atom. The number of hydrogen-bond acceptors (Lipinski definition) is 3. The van der Waals surface area contributed by atoms with Gasteiger partial charge < -0.3 is 15.1 Å². The van der Waals surface area contributed by atoms with Crippen LogP contribution >= 0.6 is 0 Å². The van der Waals surface area contributed by atoms with Gasteiger partial charge in [-0.15, -0.1) is 0 Å². The van der Waals surface area contributed by atoms with Crippen LogP contribution in [-0.2, 0) is 9.59 Å². The molecule has 126 valence electrons. The molecule has 1 saturated heterocycles. The van der Waals surface area contributed by atoms with Crippen LogP contribution in [0.25, 0.3) is 0 Å². The fourth-order valence-corrected chi connectivity index (χ4v) is 2.91. The molecule has 0 bridgehead atoms. The Kier molecular flexibility index (Phi) is 6.44. The number of anilines is 2.